The quantitative estimate of drug-likeness (QED) is 0.0250. The summed E-state index contributed by atoms with van der Waals surface area (Å²) in [6.45, 7) is 6.48. The molecule has 0 amide bonds. The molecule has 0 bridgehead atoms. The average molecular weight is 895 g/mol. The maximum Gasteiger partial charge on any atom is 0.311 e. The lowest BCUT2D eigenvalue weighted by atomic mass is 10.0. The first-order chi connectivity index (χ1) is 31.0. The van der Waals surface area contributed by atoms with Crippen LogP contribution in [0.3, 0.4) is 0 Å². The van der Waals surface area contributed by atoms with Gasteiger partial charge in [0.1, 0.15) is 13.2 Å². The van der Waals surface area contributed by atoms with Crippen molar-refractivity contribution in [2.45, 2.75) is 232 Å². The first-order valence-electron chi connectivity index (χ1n) is 25.7. The van der Waals surface area contributed by atoms with Crippen molar-refractivity contribution in [1.29, 1.82) is 0 Å². The van der Waals surface area contributed by atoms with E-state index in [0.717, 1.165) is 25.7 Å². The number of unbranched alkanes of at least 4 members (excludes halogenated alkanes) is 28. The van der Waals surface area contributed by atoms with Crippen LogP contribution in [-0.2, 0) is 52.3 Å². The standard InChI is InChI=1S/C52H94O11/c1-3-5-7-9-11-13-15-17-19-21-23-25-27-29-31-33-39-60-49(53)35-37-51(55)62-47-45-58-43-41-57-42-44-59-46-48-63-52(56)38-36-50(54)61-40-34-32-30-28-26-24-22-20-18-16-14-12-10-8-6-4-2/h33-34,39-40H,3-32,35-38,41-48H2,1-2H3/b39-33+,40-34+. The molecule has 368 valence electrons. The molecule has 0 spiro atoms. The van der Waals surface area contributed by atoms with Crippen LogP contribution >= 0.6 is 0 Å². The second-order valence-corrected chi connectivity index (χ2v) is 16.8. The van der Waals surface area contributed by atoms with Crippen LogP contribution in [0.15, 0.2) is 24.7 Å². The second-order valence-electron chi connectivity index (χ2n) is 16.8. The molecule has 0 N–H and O–H groups in total. The van der Waals surface area contributed by atoms with Gasteiger partial charge in [-0.1, -0.05) is 181 Å². The molecule has 0 aliphatic carbocycles. The van der Waals surface area contributed by atoms with Gasteiger partial charge in [-0.25, -0.2) is 0 Å². The maximum absolute atomic E-state index is 11.9. The fraction of sp³-hybridized carbons (Fsp3) is 0.846. The smallest absolute Gasteiger partial charge is 0.311 e. The van der Waals surface area contributed by atoms with Crippen molar-refractivity contribution in [2.75, 3.05) is 52.9 Å². The van der Waals surface area contributed by atoms with Gasteiger partial charge in [0.15, 0.2) is 0 Å². The van der Waals surface area contributed by atoms with Gasteiger partial charge in [0.25, 0.3) is 0 Å². The molecule has 0 aliphatic heterocycles. The van der Waals surface area contributed by atoms with Crippen LogP contribution in [0.2, 0.25) is 0 Å². The van der Waals surface area contributed by atoms with Crippen LogP contribution in [0.4, 0.5) is 0 Å². The van der Waals surface area contributed by atoms with Crippen molar-refractivity contribution < 1.29 is 52.3 Å². The van der Waals surface area contributed by atoms with Crippen molar-refractivity contribution in [3.05, 3.63) is 24.7 Å². The Hall–Kier alpha value is -2.76. The molecule has 0 unspecified atom stereocenters. The number of hydrogen-bond donors (Lipinski definition) is 0. The monoisotopic (exact) mass is 895 g/mol. The number of allylic oxidation sites excluding steroid dienone is 2. The van der Waals surface area contributed by atoms with E-state index in [1.54, 1.807) is 0 Å². The van der Waals surface area contributed by atoms with Crippen molar-refractivity contribution in [1.82, 2.24) is 0 Å². The summed E-state index contributed by atoms with van der Waals surface area (Å²) in [6.07, 6.45) is 45.4. The van der Waals surface area contributed by atoms with Crippen LogP contribution in [0, 0.1) is 0 Å². The van der Waals surface area contributed by atoms with E-state index in [-0.39, 0.29) is 52.1 Å². The van der Waals surface area contributed by atoms with Crippen LogP contribution in [0.5, 0.6) is 0 Å². The summed E-state index contributed by atoms with van der Waals surface area (Å²) in [7, 11) is 0. The topological polar surface area (TPSA) is 133 Å². The molecule has 0 aromatic rings. The first-order valence-corrected chi connectivity index (χ1v) is 25.7. The molecule has 0 atom stereocenters. The Kier molecular flexibility index (Phi) is 49.6. The van der Waals surface area contributed by atoms with Crippen LogP contribution in [0.25, 0.3) is 0 Å². The minimum absolute atomic E-state index is 0.0324. The van der Waals surface area contributed by atoms with Gasteiger partial charge in [0.05, 0.1) is 77.8 Å². The number of hydrogen-bond acceptors (Lipinski definition) is 11. The normalized spacial score (nSPS) is 11.5. The minimum Gasteiger partial charge on any atom is -0.463 e. The summed E-state index contributed by atoms with van der Waals surface area (Å²) in [5, 5.41) is 0. The molecule has 0 fully saturated rings. The van der Waals surface area contributed by atoms with Gasteiger partial charge in [-0.2, -0.15) is 0 Å². The molecule has 0 rings (SSSR count). The summed E-state index contributed by atoms with van der Waals surface area (Å²) < 4.78 is 36.6. The molecule has 0 heterocycles. The van der Waals surface area contributed by atoms with Crippen molar-refractivity contribution in [2.24, 2.45) is 0 Å². The van der Waals surface area contributed by atoms with E-state index in [4.69, 9.17) is 33.2 Å². The minimum atomic E-state index is -0.475. The fourth-order valence-electron chi connectivity index (χ4n) is 6.94. The third kappa shape index (κ3) is 51.8. The van der Waals surface area contributed by atoms with Gasteiger partial charge in [-0.15, -0.1) is 0 Å². The molecule has 0 saturated carbocycles. The van der Waals surface area contributed by atoms with Crippen LogP contribution in [0.1, 0.15) is 232 Å². The lowest BCUT2D eigenvalue weighted by Crippen LogP contribution is -2.16. The Morgan fingerprint density at radius 1 is 0.302 bits per heavy atom. The molecule has 0 aliphatic rings. The number of ether oxygens (including phenoxy) is 7. The lowest BCUT2D eigenvalue weighted by molar-refractivity contribution is -0.149. The molecule has 0 aromatic heterocycles. The SMILES string of the molecule is CCCCCCCCCCCCCCCC/C=C/OC(=O)CCC(=O)OCCOCCOCCOCCOC(=O)CCC(=O)O/C=C/CCCCCCCCCCCCCCCC. The molecule has 0 radical (unpaired) electrons. The van der Waals surface area contributed by atoms with E-state index >= 15 is 0 Å². The Bertz CT molecular complexity index is 994. The van der Waals surface area contributed by atoms with Gasteiger partial charge >= 0.3 is 23.9 Å². The van der Waals surface area contributed by atoms with Gasteiger partial charge < -0.3 is 33.2 Å². The highest BCUT2D eigenvalue weighted by molar-refractivity contribution is 5.78. The Morgan fingerprint density at radius 3 is 0.825 bits per heavy atom. The highest BCUT2D eigenvalue weighted by Gasteiger charge is 2.10. The zero-order valence-electron chi connectivity index (χ0n) is 40.5. The predicted molar refractivity (Wildman–Crippen MR) is 253 cm³/mol. The van der Waals surface area contributed by atoms with Gasteiger partial charge in [-0.05, 0) is 37.8 Å². The largest absolute Gasteiger partial charge is 0.463 e. The Labute approximate surface area is 384 Å². The Morgan fingerprint density at radius 2 is 0.540 bits per heavy atom. The summed E-state index contributed by atoms with van der Waals surface area (Å²) >= 11 is 0. The summed E-state index contributed by atoms with van der Waals surface area (Å²) in [6, 6.07) is 0. The predicted octanol–water partition coefficient (Wildman–Crippen LogP) is 13.5. The van der Waals surface area contributed by atoms with E-state index in [1.165, 1.54) is 179 Å². The third-order valence-corrected chi connectivity index (χ3v) is 10.8. The van der Waals surface area contributed by atoms with Crippen molar-refractivity contribution in [3.63, 3.8) is 0 Å². The van der Waals surface area contributed by atoms with E-state index in [1.807, 2.05) is 12.2 Å². The van der Waals surface area contributed by atoms with E-state index in [2.05, 4.69) is 13.8 Å². The van der Waals surface area contributed by atoms with E-state index in [0.29, 0.717) is 26.4 Å². The first kappa shape index (κ1) is 60.2. The van der Waals surface area contributed by atoms with Gasteiger partial charge in [-0.3, -0.25) is 19.2 Å². The molecule has 63 heavy (non-hydrogen) atoms. The fourth-order valence-corrected chi connectivity index (χ4v) is 6.94. The molecule has 0 aromatic carbocycles. The molecular formula is C52H94O11. The number of carbonyl (C=O) groups is 4. The molecule has 11 nitrogen and oxygen atoms in total. The number of esters is 4. The lowest BCUT2D eigenvalue weighted by Gasteiger charge is -2.08. The third-order valence-electron chi connectivity index (χ3n) is 10.8. The van der Waals surface area contributed by atoms with Crippen LogP contribution in [-0.4, -0.2) is 76.7 Å². The van der Waals surface area contributed by atoms with Gasteiger partial charge in [0, 0.05) is 0 Å². The second kappa shape index (κ2) is 51.9. The summed E-state index contributed by atoms with van der Waals surface area (Å²) in [5.74, 6) is -1.86. The van der Waals surface area contributed by atoms with Crippen LogP contribution < -0.4 is 0 Å². The number of rotatable bonds is 50. The Balaban J connectivity index is 3.42. The van der Waals surface area contributed by atoms with Crippen molar-refractivity contribution in [3.8, 4) is 0 Å². The molecule has 0 saturated heterocycles. The highest BCUT2D eigenvalue weighted by atomic mass is 16.6. The number of carbonyl (C=O) groups excluding carboxylic acids is 4. The summed E-state index contributed by atoms with van der Waals surface area (Å²) in [4.78, 5) is 47.6. The zero-order chi connectivity index (χ0) is 45.8. The van der Waals surface area contributed by atoms with Crippen molar-refractivity contribution >= 4 is 23.9 Å². The summed E-state index contributed by atoms with van der Waals surface area (Å²) in [5.41, 5.74) is 0. The molecule has 11 heteroatoms. The van der Waals surface area contributed by atoms with E-state index < -0.39 is 23.9 Å². The maximum atomic E-state index is 11.9. The zero-order valence-corrected chi connectivity index (χ0v) is 40.5. The highest BCUT2D eigenvalue weighted by Crippen LogP contribution is 2.15. The van der Waals surface area contributed by atoms with Gasteiger partial charge in [0.2, 0.25) is 0 Å². The average Bonchev–Trinajstić information content (AvgIpc) is 3.28. The van der Waals surface area contributed by atoms with E-state index in [9.17, 15) is 19.2 Å². The molecular weight excluding hydrogens is 801 g/mol.